The fourth-order valence-corrected chi connectivity index (χ4v) is 1.61. The summed E-state index contributed by atoms with van der Waals surface area (Å²) in [5.41, 5.74) is 6.40. The summed E-state index contributed by atoms with van der Waals surface area (Å²) in [6.07, 6.45) is 1.56. The Hall–Kier alpha value is -1.92. The second-order valence-electron chi connectivity index (χ2n) is 4.07. The number of halogens is 1. The molecule has 0 bridgehead atoms. The van der Waals surface area contributed by atoms with Crippen molar-refractivity contribution in [2.75, 3.05) is 6.54 Å². The lowest BCUT2D eigenvalue weighted by molar-refractivity contribution is -0.120. The van der Waals surface area contributed by atoms with Crippen LogP contribution < -0.4 is 11.1 Å². The Morgan fingerprint density at radius 3 is 2.70 bits per heavy atom. The normalized spacial score (nSPS) is 9.85. The molecule has 1 aromatic carbocycles. The molecule has 2 rings (SSSR count). The predicted octanol–water partition coefficient (Wildman–Crippen LogP) is 0.851. The van der Waals surface area contributed by atoms with Crippen molar-refractivity contribution in [3.8, 4) is 0 Å². The topological polar surface area (TPSA) is 94.0 Å². The van der Waals surface area contributed by atoms with Gasteiger partial charge in [-0.1, -0.05) is 35.5 Å². The Morgan fingerprint density at radius 2 is 2.00 bits per heavy atom. The van der Waals surface area contributed by atoms with Crippen molar-refractivity contribution < 1.29 is 9.32 Å². The number of benzene rings is 1. The van der Waals surface area contributed by atoms with Gasteiger partial charge < -0.3 is 15.6 Å². The van der Waals surface area contributed by atoms with Crippen LogP contribution in [0.4, 0.5) is 0 Å². The number of nitrogens with zero attached hydrogens (tertiary/aromatic N) is 2. The molecule has 1 aromatic heterocycles. The van der Waals surface area contributed by atoms with Gasteiger partial charge in [0.1, 0.15) is 0 Å². The van der Waals surface area contributed by atoms with E-state index in [0.29, 0.717) is 18.1 Å². The molecule has 20 heavy (non-hydrogen) atoms. The Bertz CT molecular complexity index is 530. The van der Waals surface area contributed by atoms with Gasteiger partial charge >= 0.3 is 0 Å². The van der Waals surface area contributed by atoms with Crippen LogP contribution in [0.5, 0.6) is 0 Å². The van der Waals surface area contributed by atoms with Crippen molar-refractivity contribution >= 4 is 18.3 Å². The maximum absolute atomic E-state index is 11.0. The fraction of sp³-hybridized carbons (Fsp3) is 0.308. The summed E-state index contributed by atoms with van der Waals surface area (Å²) in [5, 5.41) is 6.44. The minimum absolute atomic E-state index is 0. The van der Waals surface area contributed by atoms with Crippen LogP contribution in [-0.2, 0) is 24.2 Å². The third-order valence-electron chi connectivity index (χ3n) is 2.61. The average Bonchev–Trinajstić information content (AvgIpc) is 2.91. The van der Waals surface area contributed by atoms with Crippen molar-refractivity contribution in [2.24, 2.45) is 5.73 Å². The van der Waals surface area contributed by atoms with Gasteiger partial charge in [-0.05, 0) is 12.0 Å². The molecule has 0 aliphatic rings. The minimum Gasteiger partial charge on any atom is -0.346 e. The average molecular weight is 297 g/mol. The van der Waals surface area contributed by atoms with Gasteiger partial charge in [0.25, 0.3) is 0 Å². The van der Waals surface area contributed by atoms with Gasteiger partial charge in [-0.2, -0.15) is 4.98 Å². The molecular formula is C13H17ClN4O2. The highest BCUT2D eigenvalue weighted by atomic mass is 35.5. The number of nitrogens with one attached hydrogen (secondary N) is 1. The summed E-state index contributed by atoms with van der Waals surface area (Å²) >= 11 is 0. The summed E-state index contributed by atoms with van der Waals surface area (Å²) in [7, 11) is 0. The lowest BCUT2D eigenvalue weighted by atomic mass is 10.1. The maximum Gasteiger partial charge on any atom is 0.246 e. The first-order chi connectivity index (χ1) is 9.28. The van der Waals surface area contributed by atoms with Gasteiger partial charge in [0.15, 0.2) is 5.82 Å². The van der Waals surface area contributed by atoms with Gasteiger partial charge in [-0.3, -0.25) is 4.79 Å². The smallest absolute Gasteiger partial charge is 0.246 e. The Kier molecular flexibility index (Phi) is 6.69. The van der Waals surface area contributed by atoms with Crippen molar-refractivity contribution in [1.82, 2.24) is 15.5 Å². The van der Waals surface area contributed by atoms with Crippen LogP contribution >= 0.6 is 12.4 Å². The second-order valence-corrected chi connectivity index (χ2v) is 4.07. The molecule has 0 aliphatic heterocycles. The van der Waals surface area contributed by atoms with E-state index < -0.39 is 0 Å². The quantitative estimate of drug-likeness (QED) is 0.824. The van der Waals surface area contributed by atoms with E-state index in [2.05, 4.69) is 27.6 Å². The SMILES string of the molecule is Cl.NCC(=O)NCc1nc(CCc2ccccc2)no1. The van der Waals surface area contributed by atoms with Crippen LogP contribution in [0, 0.1) is 0 Å². The van der Waals surface area contributed by atoms with Crippen molar-refractivity contribution in [1.29, 1.82) is 0 Å². The van der Waals surface area contributed by atoms with Crippen LogP contribution in [0.1, 0.15) is 17.3 Å². The number of carbonyl (C=O) groups excluding carboxylic acids is 1. The fourth-order valence-electron chi connectivity index (χ4n) is 1.61. The highest BCUT2D eigenvalue weighted by Crippen LogP contribution is 2.05. The van der Waals surface area contributed by atoms with Crippen LogP contribution in [0.15, 0.2) is 34.9 Å². The van der Waals surface area contributed by atoms with Gasteiger partial charge in [0, 0.05) is 6.42 Å². The van der Waals surface area contributed by atoms with Crippen molar-refractivity contribution in [3.05, 3.63) is 47.6 Å². The molecule has 3 N–H and O–H groups in total. The summed E-state index contributed by atoms with van der Waals surface area (Å²) in [5.74, 6) is 0.787. The van der Waals surface area contributed by atoms with E-state index in [9.17, 15) is 4.79 Å². The van der Waals surface area contributed by atoms with E-state index in [1.807, 2.05) is 18.2 Å². The first-order valence-corrected chi connectivity index (χ1v) is 6.10. The molecule has 2 aromatic rings. The largest absolute Gasteiger partial charge is 0.346 e. The maximum atomic E-state index is 11.0. The zero-order valence-corrected chi connectivity index (χ0v) is 11.7. The number of aromatic nitrogens is 2. The molecule has 7 heteroatoms. The molecule has 0 saturated carbocycles. The number of hydrogen-bond acceptors (Lipinski definition) is 5. The molecule has 0 fully saturated rings. The van der Waals surface area contributed by atoms with E-state index in [1.165, 1.54) is 5.56 Å². The predicted molar refractivity (Wildman–Crippen MR) is 76.3 cm³/mol. The molecular weight excluding hydrogens is 280 g/mol. The van der Waals surface area contributed by atoms with Gasteiger partial charge in [-0.25, -0.2) is 0 Å². The number of amides is 1. The first kappa shape index (κ1) is 16.1. The lowest BCUT2D eigenvalue weighted by Gasteiger charge is -1.97. The van der Waals surface area contributed by atoms with E-state index in [1.54, 1.807) is 0 Å². The number of carbonyl (C=O) groups is 1. The third kappa shape index (κ3) is 4.99. The zero-order chi connectivity index (χ0) is 13.5. The summed E-state index contributed by atoms with van der Waals surface area (Å²) < 4.78 is 5.03. The second kappa shape index (κ2) is 8.29. The van der Waals surface area contributed by atoms with Crippen LogP contribution in [-0.4, -0.2) is 22.6 Å². The van der Waals surface area contributed by atoms with Gasteiger partial charge in [0.2, 0.25) is 11.8 Å². The van der Waals surface area contributed by atoms with E-state index >= 15 is 0 Å². The molecule has 0 radical (unpaired) electrons. The summed E-state index contributed by atoms with van der Waals surface area (Å²) in [6.45, 7) is 0.170. The highest BCUT2D eigenvalue weighted by molar-refractivity contribution is 5.85. The number of hydrogen-bond donors (Lipinski definition) is 2. The van der Waals surface area contributed by atoms with E-state index in [4.69, 9.17) is 10.3 Å². The highest BCUT2D eigenvalue weighted by Gasteiger charge is 2.07. The van der Waals surface area contributed by atoms with Crippen LogP contribution in [0.25, 0.3) is 0 Å². The Balaban J connectivity index is 0.00000200. The van der Waals surface area contributed by atoms with E-state index in [0.717, 1.165) is 6.42 Å². The zero-order valence-electron chi connectivity index (χ0n) is 10.9. The number of rotatable bonds is 6. The summed E-state index contributed by atoms with van der Waals surface area (Å²) in [4.78, 5) is 15.2. The molecule has 1 amide bonds. The van der Waals surface area contributed by atoms with E-state index in [-0.39, 0.29) is 31.4 Å². The lowest BCUT2D eigenvalue weighted by Crippen LogP contribution is -2.29. The molecule has 6 nitrogen and oxygen atoms in total. The van der Waals surface area contributed by atoms with Crippen molar-refractivity contribution in [3.63, 3.8) is 0 Å². The monoisotopic (exact) mass is 296 g/mol. The standard InChI is InChI=1S/C13H16N4O2.ClH/c14-8-12(18)15-9-13-16-11(17-19-13)7-6-10-4-2-1-3-5-10;/h1-5H,6-9,14H2,(H,15,18);1H. The minimum atomic E-state index is -0.246. The molecule has 0 unspecified atom stereocenters. The molecule has 0 atom stereocenters. The Labute approximate surface area is 123 Å². The van der Waals surface area contributed by atoms with Gasteiger partial charge in [-0.15, -0.1) is 12.4 Å². The van der Waals surface area contributed by atoms with Gasteiger partial charge in [0.05, 0.1) is 13.1 Å². The van der Waals surface area contributed by atoms with Crippen LogP contribution in [0.2, 0.25) is 0 Å². The Morgan fingerprint density at radius 1 is 1.25 bits per heavy atom. The third-order valence-corrected chi connectivity index (χ3v) is 2.61. The molecule has 0 aliphatic carbocycles. The number of aryl methyl sites for hydroxylation is 2. The molecule has 0 saturated heterocycles. The van der Waals surface area contributed by atoms with Crippen molar-refractivity contribution in [2.45, 2.75) is 19.4 Å². The molecule has 108 valence electrons. The molecule has 0 spiro atoms. The number of nitrogens with two attached hydrogens (primary N) is 1. The summed E-state index contributed by atoms with van der Waals surface area (Å²) in [6, 6.07) is 10.1. The first-order valence-electron chi connectivity index (χ1n) is 6.10. The molecule has 1 heterocycles. The van der Waals surface area contributed by atoms with Crippen LogP contribution in [0.3, 0.4) is 0 Å².